The Morgan fingerprint density at radius 3 is 2.71 bits per heavy atom. The molecule has 0 amide bonds. The van der Waals surface area contributed by atoms with E-state index in [1.807, 2.05) is 26.2 Å². The first kappa shape index (κ1) is 15.9. The summed E-state index contributed by atoms with van der Waals surface area (Å²) in [6.07, 6.45) is 2.62. The van der Waals surface area contributed by atoms with Crippen LogP contribution in [0.4, 0.5) is 5.13 Å². The van der Waals surface area contributed by atoms with Crippen LogP contribution >= 0.6 is 11.3 Å². The maximum atomic E-state index is 12.2. The van der Waals surface area contributed by atoms with E-state index in [2.05, 4.69) is 14.8 Å². The quantitative estimate of drug-likeness (QED) is 0.864. The molecule has 0 aliphatic rings. The molecule has 0 aliphatic carbocycles. The summed E-state index contributed by atoms with van der Waals surface area (Å²) in [6.45, 7) is 6.19. The highest BCUT2D eigenvalue weighted by molar-refractivity contribution is 7.93. The Labute approximate surface area is 127 Å². The molecular formula is C12H18N4O3S2. The van der Waals surface area contributed by atoms with Gasteiger partial charge in [0.05, 0.1) is 25.0 Å². The molecule has 0 saturated carbocycles. The molecule has 2 aromatic rings. The molecule has 7 nitrogen and oxygen atoms in total. The molecule has 0 bridgehead atoms. The summed E-state index contributed by atoms with van der Waals surface area (Å²) < 4.78 is 28.3. The van der Waals surface area contributed by atoms with E-state index in [1.54, 1.807) is 0 Å². The Balaban J connectivity index is 2.18. The lowest BCUT2D eigenvalue weighted by molar-refractivity contribution is 0.269. The Morgan fingerprint density at radius 1 is 1.43 bits per heavy atom. The molecular weight excluding hydrogens is 312 g/mol. The zero-order valence-electron chi connectivity index (χ0n) is 12.1. The number of nitrogens with zero attached hydrogens (tertiary/aromatic N) is 3. The predicted molar refractivity (Wildman–Crippen MR) is 80.9 cm³/mol. The minimum atomic E-state index is -3.71. The predicted octanol–water partition coefficient (Wildman–Crippen LogP) is 1.43. The second kappa shape index (κ2) is 5.74. The number of hydrogen-bond acceptors (Lipinski definition) is 6. The van der Waals surface area contributed by atoms with Crippen molar-refractivity contribution in [1.82, 2.24) is 14.8 Å². The summed E-state index contributed by atoms with van der Waals surface area (Å²) >= 11 is 1.25. The topological polar surface area (TPSA) is 97.1 Å². The van der Waals surface area contributed by atoms with Crippen LogP contribution in [-0.4, -0.2) is 34.9 Å². The molecule has 2 aromatic heterocycles. The van der Waals surface area contributed by atoms with Crippen molar-refractivity contribution < 1.29 is 13.5 Å². The number of hydrogen-bond donors (Lipinski definition) is 2. The molecule has 21 heavy (non-hydrogen) atoms. The van der Waals surface area contributed by atoms with Gasteiger partial charge in [0.2, 0.25) is 0 Å². The SMILES string of the molecule is CC(C)(C)c1csc(NS(=O)(=O)c2cnn(CCO)c2)n1. The van der Waals surface area contributed by atoms with E-state index in [4.69, 9.17) is 5.11 Å². The maximum absolute atomic E-state index is 12.2. The summed E-state index contributed by atoms with van der Waals surface area (Å²) in [4.78, 5) is 4.34. The first-order valence-corrected chi connectivity index (χ1v) is 8.71. The lowest BCUT2D eigenvalue weighted by Crippen LogP contribution is -2.14. The van der Waals surface area contributed by atoms with Gasteiger partial charge in [0.1, 0.15) is 4.90 Å². The van der Waals surface area contributed by atoms with Gasteiger partial charge in [-0.3, -0.25) is 9.40 Å². The Bertz CT molecular complexity index is 713. The Kier molecular flexibility index (Phi) is 4.35. The number of anilines is 1. The Hall–Kier alpha value is -1.45. The number of aromatic nitrogens is 3. The first-order chi connectivity index (χ1) is 9.72. The van der Waals surface area contributed by atoms with E-state index >= 15 is 0 Å². The molecule has 0 atom stereocenters. The van der Waals surface area contributed by atoms with E-state index in [0.717, 1.165) is 5.69 Å². The van der Waals surface area contributed by atoms with Gasteiger partial charge in [0.15, 0.2) is 5.13 Å². The largest absolute Gasteiger partial charge is 0.394 e. The number of aliphatic hydroxyl groups excluding tert-OH is 1. The maximum Gasteiger partial charge on any atom is 0.266 e. The first-order valence-electron chi connectivity index (χ1n) is 6.34. The minimum absolute atomic E-state index is 0.0449. The molecule has 116 valence electrons. The van der Waals surface area contributed by atoms with Crippen molar-refractivity contribution in [2.24, 2.45) is 0 Å². The molecule has 9 heteroatoms. The standard InChI is InChI=1S/C12H18N4O3S2/c1-12(2,3)10-8-20-11(14-10)15-21(18,19)9-6-13-16(7-9)4-5-17/h6-8,17H,4-5H2,1-3H3,(H,14,15). The van der Waals surface area contributed by atoms with Crippen LogP contribution in [0.15, 0.2) is 22.7 Å². The van der Waals surface area contributed by atoms with Gasteiger partial charge in [-0.2, -0.15) is 5.10 Å². The van der Waals surface area contributed by atoms with Gasteiger partial charge in [-0.25, -0.2) is 13.4 Å². The van der Waals surface area contributed by atoms with Crippen molar-refractivity contribution in [3.8, 4) is 0 Å². The smallest absolute Gasteiger partial charge is 0.266 e. The van der Waals surface area contributed by atoms with Gasteiger partial charge in [-0.05, 0) is 0 Å². The highest BCUT2D eigenvalue weighted by Gasteiger charge is 2.21. The third-order valence-corrected chi connectivity index (χ3v) is 4.92. The van der Waals surface area contributed by atoms with Crippen molar-refractivity contribution in [2.45, 2.75) is 37.6 Å². The zero-order valence-corrected chi connectivity index (χ0v) is 13.7. The van der Waals surface area contributed by atoms with Crippen LogP contribution in [0, 0.1) is 0 Å². The van der Waals surface area contributed by atoms with Crippen LogP contribution < -0.4 is 4.72 Å². The van der Waals surface area contributed by atoms with Gasteiger partial charge in [-0.1, -0.05) is 20.8 Å². The molecule has 0 fully saturated rings. The molecule has 2 heterocycles. The molecule has 0 radical (unpaired) electrons. The van der Waals surface area contributed by atoms with Crippen LogP contribution in [0.1, 0.15) is 26.5 Å². The highest BCUT2D eigenvalue weighted by atomic mass is 32.2. The zero-order chi connectivity index (χ0) is 15.7. The molecule has 0 spiro atoms. The molecule has 0 aliphatic heterocycles. The summed E-state index contributed by atoms with van der Waals surface area (Å²) in [5.74, 6) is 0. The van der Waals surface area contributed by atoms with E-state index in [1.165, 1.54) is 28.4 Å². The lowest BCUT2D eigenvalue weighted by Gasteiger charge is -2.14. The van der Waals surface area contributed by atoms with E-state index in [9.17, 15) is 8.42 Å². The summed E-state index contributed by atoms with van der Waals surface area (Å²) in [6, 6.07) is 0. The van der Waals surface area contributed by atoms with Crippen LogP contribution in [0.25, 0.3) is 0 Å². The second-order valence-corrected chi connectivity index (χ2v) is 8.10. The molecule has 2 rings (SSSR count). The summed E-state index contributed by atoms with van der Waals surface area (Å²) in [7, 11) is -3.71. The van der Waals surface area contributed by atoms with Crippen molar-refractivity contribution >= 4 is 26.5 Å². The minimum Gasteiger partial charge on any atom is -0.394 e. The van der Waals surface area contributed by atoms with E-state index in [-0.39, 0.29) is 23.5 Å². The molecule has 0 saturated heterocycles. The fraction of sp³-hybridized carbons (Fsp3) is 0.500. The summed E-state index contributed by atoms with van der Waals surface area (Å²) in [5, 5.41) is 14.9. The summed E-state index contributed by atoms with van der Waals surface area (Å²) in [5.41, 5.74) is 0.702. The number of aliphatic hydroxyl groups is 1. The number of sulfonamides is 1. The third-order valence-electron chi connectivity index (χ3n) is 2.74. The fourth-order valence-electron chi connectivity index (χ4n) is 1.55. The van der Waals surface area contributed by atoms with E-state index in [0.29, 0.717) is 5.13 Å². The van der Waals surface area contributed by atoms with Gasteiger partial charge >= 0.3 is 0 Å². The normalized spacial score (nSPS) is 12.6. The Morgan fingerprint density at radius 2 is 2.14 bits per heavy atom. The lowest BCUT2D eigenvalue weighted by atomic mass is 9.93. The highest BCUT2D eigenvalue weighted by Crippen LogP contribution is 2.27. The fourth-order valence-corrected chi connectivity index (χ4v) is 3.69. The van der Waals surface area contributed by atoms with Crippen molar-refractivity contribution in [3.05, 3.63) is 23.5 Å². The third kappa shape index (κ3) is 3.80. The van der Waals surface area contributed by atoms with Gasteiger partial charge in [-0.15, -0.1) is 11.3 Å². The number of nitrogens with one attached hydrogen (secondary N) is 1. The van der Waals surface area contributed by atoms with E-state index < -0.39 is 10.0 Å². The van der Waals surface area contributed by atoms with Crippen LogP contribution in [0.5, 0.6) is 0 Å². The average molecular weight is 330 g/mol. The van der Waals surface area contributed by atoms with Crippen LogP contribution in [0.3, 0.4) is 0 Å². The molecule has 0 aromatic carbocycles. The number of thiazole rings is 1. The van der Waals surface area contributed by atoms with Crippen molar-refractivity contribution in [2.75, 3.05) is 11.3 Å². The monoisotopic (exact) mass is 330 g/mol. The second-order valence-electron chi connectivity index (χ2n) is 5.56. The van der Waals surface area contributed by atoms with Crippen LogP contribution in [-0.2, 0) is 22.0 Å². The number of rotatable bonds is 5. The van der Waals surface area contributed by atoms with Gasteiger partial charge in [0, 0.05) is 17.0 Å². The van der Waals surface area contributed by atoms with Crippen LogP contribution in [0.2, 0.25) is 0 Å². The van der Waals surface area contributed by atoms with Crippen molar-refractivity contribution in [1.29, 1.82) is 0 Å². The van der Waals surface area contributed by atoms with Crippen molar-refractivity contribution in [3.63, 3.8) is 0 Å². The van der Waals surface area contributed by atoms with Gasteiger partial charge < -0.3 is 5.11 Å². The molecule has 0 unspecified atom stereocenters. The van der Waals surface area contributed by atoms with Gasteiger partial charge in [0.25, 0.3) is 10.0 Å². The molecule has 2 N–H and O–H groups in total. The average Bonchev–Trinajstić information content (AvgIpc) is 2.97.